The number of fused-ring (bicyclic) bond motifs is 15. The number of unbranched alkanes of at least 4 members (excludes halogenated alkanes) is 2. The van der Waals surface area contributed by atoms with Crippen molar-refractivity contribution in [3.05, 3.63) is 399 Å². The van der Waals surface area contributed by atoms with Gasteiger partial charge in [0.25, 0.3) is 0 Å². The van der Waals surface area contributed by atoms with Gasteiger partial charge >= 0.3 is 67.0 Å². The minimum Gasteiger partial charge on any atom is -0.478 e. The van der Waals surface area contributed by atoms with E-state index in [0.717, 1.165) is 71.7 Å². The first kappa shape index (κ1) is 125. The second-order valence-corrected chi connectivity index (χ2v) is 75.0. The fourth-order valence-corrected chi connectivity index (χ4v) is 32.5. The first-order chi connectivity index (χ1) is 68.4. The summed E-state index contributed by atoms with van der Waals surface area (Å²) in [6.07, 6.45) is 9.67. The zero-order valence-electron chi connectivity index (χ0n) is 85.1. The van der Waals surface area contributed by atoms with Crippen molar-refractivity contribution in [2.45, 2.75) is 137 Å². The Morgan fingerprint density at radius 3 is 0.925 bits per heavy atom. The molecule has 0 aromatic heterocycles. The maximum atomic E-state index is 13.1. The summed E-state index contributed by atoms with van der Waals surface area (Å²) in [4.78, 5) is 72.8. The summed E-state index contributed by atoms with van der Waals surface area (Å²) in [5.74, 6) is -2.63. The number of halogens is 11. The molecule has 1 N–H and O–H groups in total. The van der Waals surface area contributed by atoms with Crippen LogP contribution in [-0.2, 0) is 14.2 Å². The van der Waals surface area contributed by atoms with Crippen LogP contribution in [0.3, 0.4) is 0 Å². The van der Waals surface area contributed by atoms with Gasteiger partial charge in [0, 0.05) is 91.1 Å². The van der Waals surface area contributed by atoms with Gasteiger partial charge in [-0.2, -0.15) is 23.9 Å². The van der Waals surface area contributed by atoms with Crippen molar-refractivity contribution in [2.24, 2.45) is 0 Å². The molecule has 0 radical (unpaired) electrons. The summed E-state index contributed by atoms with van der Waals surface area (Å²) >= 11 is 27.7. The first-order valence-corrected chi connectivity index (χ1v) is 74.9. The van der Waals surface area contributed by atoms with Crippen LogP contribution in [0.25, 0.3) is 55.6 Å². The van der Waals surface area contributed by atoms with Crippen LogP contribution >= 0.6 is 153 Å². The number of hydrogen-bond donors (Lipinski definition) is 1. The predicted octanol–water partition coefficient (Wildman–Crippen LogP) is 25.6. The molecule has 748 valence electrons. The van der Waals surface area contributed by atoms with Crippen LogP contribution in [0.5, 0.6) is 0 Å². The molecular weight excluding hydrogens is 2450 g/mol. The number of esters is 2. The van der Waals surface area contributed by atoms with Gasteiger partial charge in [0.2, 0.25) is 0 Å². The molecule has 0 saturated carbocycles. The van der Waals surface area contributed by atoms with E-state index in [1.165, 1.54) is 115 Å². The van der Waals surface area contributed by atoms with E-state index in [4.69, 9.17) is 50.7 Å². The fraction of sp³-hybridized carbons (Fsp3) is 0.214. The van der Waals surface area contributed by atoms with Crippen molar-refractivity contribution >= 4 is 281 Å². The molecule has 2 saturated heterocycles. The number of rotatable bonds is 6. The zero-order chi connectivity index (χ0) is 105. The number of hydrogen-bond acceptors (Lipinski definition) is 9. The maximum Gasteiger partial charge on any atom is 1.00 e. The summed E-state index contributed by atoms with van der Waals surface area (Å²) in [6.45, 7) is 40.7. The maximum absolute atomic E-state index is 13.1. The summed E-state index contributed by atoms with van der Waals surface area (Å²) < 4.78 is 21.0. The van der Waals surface area contributed by atoms with Crippen molar-refractivity contribution in [3.8, 4) is 55.6 Å². The van der Waals surface area contributed by atoms with Crippen LogP contribution in [0.1, 0.15) is 144 Å². The Bertz CT molecular complexity index is 6620. The number of aromatic carboxylic acids is 1. The quantitative estimate of drug-likeness (QED) is 0.0425. The molecule has 14 aromatic rings. The van der Waals surface area contributed by atoms with Crippen LogP contribution in [0, 0.1) is 13.8 Å². The molecule has 22 rings (SSSR count). The average molecular weight is 2570 g/mol. The SMILES string of the molecule is Brc1ccccc1-c1ccccc1Br.Brc1ccccc1Br.C1CCOC1.C1CCOC1.C[Si](C)(C)Cl.C[Si]1(C)c2ccccc2-c2cc3c(cc21)C(=O)c1cc(Br)ccc1C3=O.C[Si]1(C)c2ccccc2-c2ccc(C(=O)c3cc(Br)ccc3C(=O)O)cc21.C[Si]1(C)c2ccccc2-c2ccccc21.C[Si]1(C)c2ccccc2-c2ccccc21.O=C1OC(=O)c2cc(Br)ccc21.[CH2-]CCC.[CH2-]CCC.[Cl][Al]([Cl])[Cl].[Li+].[Li+]. The van der Waals surface area contributed by atoms with E-state index in [0.29, 0.717) is 43.4 Å². The molecule has 0 amide bonds. The number of carbonyl (C=O) groups is 6. The molecule has 8 aliphatic rings. The third kappa shape index (κ3) is 32.8. The van der Waals surface area contributed by atoms with Crippen molar-refractivity contribution < 1.29 is 85.8 Å². The van der Waals surface area contributed by atoms with Gasteiger partial charge in [-0.25, -0.2) is 44.5 Å². The second kappa shape index (κ2) is 58.9. The number of ether oxygens (including phenoxy) is 3. The number of ketones is 3. The summed E-state index contributed by atoms with van der Waals surface area (Å²) in [7, 11) is 7.18. The minimum absolute atomic E-state index is 0. The van der Waals surface area contributed by atoms with Crippen molar-refractivity contribution in [2.75, 3.05) is 26.4 Å². The van der Waals surface area contributed by atoms with Crippen molar-refractivity contribution in [1.82, 2.24) is 0 Å². The monoisotopic (exact) mass is 2560 g/mol. The van der Waals surface area contributed by atoms with Gasteiger partial charge in [-0.05, 0) is 240 Å². The smallest absolute Gasteiger partial charge is 0.478 e. The Labute approximate surface area is 972 Å². The Morgan fingerprint density at radius 1 is 0.329 bits per heavy atom. The molecule has 14 aromatic carbocycles. The summed E-state index contributed by atoms with van der Waals surface area (Å²) in [5, 5.41) is 21.0. The molecule has 2 fully saturated rings. The summed E-state index contributed by atoms with van der Waals surface area (Å²) in [6, 6.07) is 101. The average Bonchev–Trinajstić information content (AvgIpc) is 1.56. The molecule has 146 heavy (non-hydrogen) atoms. The van der Waals surface area contributed by atoms with Crippen LogP contribution in [0.2, 0.25) is 72.0 Å². The van der Waals surface area contributed by atoms with E-state index in [-0.39, 0.29) is 66.2 Å². The van der Waals surface area contributed by atoms with Crippen LogP contribution in [-0.4, -0.2) is 118 Å². The van der Waals surface area contributed by atoms with Gasteiger partial charge in [-0.1, -0.05) is 397 Å². The topological polar surface area (TPSA) is 150 Å². The van der Waals surface area contributed by atoms with E-state index >= 15 is 0 Å². The van der Waals surface area contributed by atoms with Gasteiger partial charge in [-0.15, -0.1) is 0 Å². The van der Waals surface area contributed by atoms with Crippen LogP contribution in [0.15, 0.2) is 335 Å². The number of cyclic esters (lactones) is 2. The van der Waals surface area contributed by atoms with E-state index < -0.39 is 69.0 Å². The van der Waals surface area contributed by atoms with Crippen molar-refractivity contribution in [1.29, 1.82) is 0 Å². The third-order valence-electron chi connectivity index (χ3n) is 24.8. The standard InChI is InChI=1S/C22H17BrO3Si.C22H15BrO2Si.2C14H14Si.C12H8Br2.C8H3BrO3.C6H4Br2.2C4H8O.2C4H9.C3H9ClSi.Al.3ClH.2Li/c1-27(2)19-6-4-3-5-15(19)16-9-7-13(11-20(16)27)21(24)18-12-14(23)8-10-17(18)22(25)26;1-26(2)19-6-4-3-5-13(19)15-10-17-18(11-20(15)26)22(25)16-9-12(23)7-8-14(16)21(17)24;2*1-15(2)13-9-5-3-7-11(13)12-8-4-6-10-14(12)15;13-11-7-3-1-5-9(11)10-6-2-4-8-12(10)14;9-4-1-2-5-6(3-4)8(11)12-7(5)10;7-5-3-1-2-4-6(5)8;2*1-2-4-5-3-1;2*1-3-4-2;1-5(2,3)4;;;;;;/h3-12H,1-2H3,(H,25,26);3-11H,1-2H3;2*3-10H,1-2H3;1-8H;1-3H;1-4H;2*1-4H2;2*1,3-4H2,2H3;1-3H3;;3*1H;;/q;;;;;;;;;2*-1;;+3;;;;2*+1/p-3. The molecule has 29 heteroatoms. The molecule has 0 bridgehead atoms. The number of carboxylic acids is 1. The molecule has 0 unspecified atom stereocenters. The second-order valence-electron chi connectivity index (χ2n) is 37.6. The Hall–Kier alpha value is -6.05. The predicted molar refractivity (Wildman–Crippen MR) is 646 cm³/mol. The van der Waals surface area contributed by atoms with E-state index in [1.54, 1.807) is 69.3 Å². The normalized spacial score (nSPS) is 14.0. The third-order valence-corrected chi connectivity index (χ3v) is 43.8. The van der Waals surface area contributed by atoms with E-state index in [1.807, 2.05) is 91.0 Å². The fourth-order valence-electron chi connectivity index (χ4n) is 17.4. The Kier molecular flexibility index (Phi) is 50.4. The first-order valence-electron chi connectivity index (χ1n) is 47.6. The number of carbonyl (C=O) groups excluding carboxylic acids is 5. The van der Waals surface area contributed by atoms with Gasteiger partial charge in [0.05, 0.1) is 16.7 Å². The van der Waals surface area contributed by atoms with E-state index in [2.05, 4.69) is 374 Å². The number of benzene rings is 14. The molecule has 10 nitrogen and oxygen atoms in total. The van der Waals surface area contributed by atoms with Crippen LogP contribution < -0.4 is 79.2 Å². The van der Waals surface area contributed by atoms with Gasteiger partial charge in [-0.3, -0.25) is 14.4 Å². The van der Waals surface area contributed by atoms with Gasteiger partial charge in [0.15, 0.2) is 17.3 Å². The van der Waals surface area contributed by atoms with Gasteiger partial charge < -0.3 is 33.2 Å². The molecule has 7 heterocycles. The van der Waals surface area contributed by atoms with Crippen molar-refractivity contribution in [3.63, 3.8) is 0 Å². The molecule has 1 aliphatic carbocycles. The molecule has 7 aliphatic heterocycles. The molecule has 0 spiro atoms. The minimum atomic E-state index is -1.88. The Balaban J connectivity index is 0.000000203. The van der Waals surface area contributed by atoms with E-state index in [9.17, 15) is 33.9 Å². The summed E-state index contributed by atoms with van der Waals surface area (Å²) in [5.41, 5.74) is 16.5. The molecular formula is C117H118AlBr7Cl4Li2O10Si5. The van der Waals surface area contributed by atoms with Gasteiger partial charge in [0.1, 0.15) is 39.7 Å². The number of carboxylic acid groups (broad SMARTS) is 1. The Morgan fingerprint density at radius 2 is 0.589 bits per heavy atom. The molecule has 0 atom stereocenters. The largest absolute Gasteiger partial charge is 1.00 e. The zero-order valence-corrected chi connectivity index (χ0v) is 105. The van der Waals surface area contributed by atoms with Crippen LogP contribution in [0.4, 0.5) is 0 Å².